The van der Waals surface area contributed by atoms with Crippen molar-refractivity contribution in [3.05, 3.63) is 35.9 Å². The smallest absolute Gasteiger partial charge is 0.309 e. The Morgan fingerprint density at radius 1 is 0.962 bits per heavy atom. The topological polar surface area (TPSA) is 67.4 Å². The van der Waals surface area contributed by atoms with Crippen LogP contribution in [0.4, 0.5) is 0 Å². The average molecular weight is 358 g/mol. The first kappa shape index (κ1) is 18.9. The van der Waals surface area contributed by atoms with E-state index in [1.165, 1.54) is 0 Å². The maximum atomic E-state index is 12.6. The lowest BCUT2D eigenvalue weighted by molar-refractivity contribution is -0.140. The second kappa shape index (κ2) is 9.17. The van der Waals surface area contributed by atoms with Crippen molar-refractivity contribution in [1.29, 1.82) is 0 Å². The molecule has 2 fully saturated rings. The van der Waals surface area contributed by atoms with Gasteiger partial charge >= 0.3 is 11.8 Å². The second-order valence-corrected chi connectivity index (χ2v) is 7.74. The normalized spacial score (nSPS) is 25.3. The van der Waals surface area contributed by atoms with Crippen molar-refractivity contribution in [3.8, 4) is 0 Å². The molecule has 2 N–H and O–H groups in total. The number of benzene rings is 1. The molecule has 0 bridgehead atoms. The Balaban J connectivity index is 1.62. The summed E-state index contributed by atoms with van der Waals surface area (Å²) in [6.07, 6.45) is 5.93. The van der Waals surface area contributed by atoms with Crippen molar-refractivity contribution >= 4 is 11.8 Å². The van der Waals surface area contributed by atoms with Gasteiger partial charge < -0.3 is 15.4 Å². The largest absolute Gasteiger partial charge is 0.381 e. The summed E-state index contributed by atoms with van der Waals surface area (Å²) in [6.45, 7) is 3.65. The summed E-state index contributed by atoms with van der Waals surface area (Å²) >= 11 is 0. The van der Waals surface area contributed by atoms with E-state index < -0.39 is 11.8 Å². The standard InChI is InChI=1S/C21H30N2O3/c1-15-7-9-18(10-8-15)22-20(24)21(25)23-19(16-5-3-2-4-6-16)17-11-13-26-14-12-17/h2-6,15,17-19H,7-14H2,1H3,(H,22,24)(H,23,25). The molecule has 0 spiro atoms. The van der Waals surface area contributed by atoms with Crippen LogP contribution in [0.25, 0.3) is 0 Å². The van der Waals surface area contributed by atoms with Crippen LogP contribution in [-0.4, -0.2) is 31.1 Å². The molecule has 5 heteroatoms. The van der Waals surface area contributed by atoms with Crippen LogP contribution in [0.5, 0.6) is 0 Å². The van der Waals surface area contributed by atoms with Gasteiger partial charge in [-0.2, -0.15) is 0 Å². The number of amides is 2. The molecule has 2 amide bonds. The highest BCUT2D eigenvalue weighted by Gasteiger charge is 2.30. The summed E-state index contributed by atoms with van der Waals surface area (Å²) in [5, 5.41) is 5.92. The van der Waals surface area contributed by atoms with Crippen molar-refractivity contribution in [3.63, 3.8) is 0 Å². The summed E-state index contributed by atoms with van der Waals surface area (Å²) in [4.78, 5) is 24.9. The summed E-state index contributed by atoms with van der Waals surface area (Å²) < 4.78 is 5.46. The van der Waals surface area contributed by atoms with Gasteiger partial charge in [-0.3, -0.25) is 9.59 Å². The molecule has 1 aliphatic heterocycles. The third-order valence-corrected chi connectivity index (χ3v) is 5.74. The lowest BCUT2D eigenvalue weighted by Gasteiger charge is -2.31. The Morgan fingerprint density at radius 3 is 2.27 bits per heavy atom. The number of hydrogen-bond acceptors (Lipinski definition) is 3. The predicted octanol–water partition coefficient (Wildman–Crippen LogP) is 2.97. The predicted molar refractivity (Wildman–Crippen MR) is 100 cm³/mol. The van der Waals surface area contributed by atoms with Gasteiger partial charge in [-0.15, -0.1) is 0 Å². The summed E-state index contributed by atoms with van der Waals surface area (Å²) in [6, 6.07) is 9.91. The van der Waals surface area contributed by atoms with Crippen LogP contribution in [0.3, 0.4) is 0 Å². The molecule has 26 heavy (non-hydrogen) atoms. The Bertz CT molecular complexity index is 591. The second-order valence-electron chi connectivity index (χ2n) is 7.74. The van der Waals surface area contributed by atoms with E-state index in [0.29, 0.717) is 25.0 Å². The fourth-order valence-electron chi connectivity index (χ4n) is 4.05. The lowest BCUT2D eigenvalue weighted by Crippen LogP contribution is -2.47. The molecule has 3 rings (SSSR count). The minimum Gasteiger partial charge on any atom is -0.381 e. The van der Waals surface area contributed by atoms with Crippen LogP contribution in [0.15, 0.2) is 30.3 Å². The van der Waals surface area contributed by atoms with E-state index in [1.807, 2.05) is 30.3 Å². The number of carbonyl (C=O) groups is 2. The van der Waals surface area contributed by atoms with Gasteiger partial charge in [-0.1, -0.05) is 37.3 Å². The first-order valence-electron chi connectivity index (χ1n) is 9.87. The van der Waals surface area contributed by atoms with E-state index in [1.54, 1.807) is 0 Å². The molecule has 0 aromatic heterocycles. The van der Waals surface area contributed by atoms with Gasteiger partial charge in [0.2, 0.25) is 0 Å². The molecular weight excluding hydrogens is 328 g/mol. The zero-order valence-electron chi connectivity index (χ0n) is 15.6. The van der Waals surface area contributed by atoms with Crippen molar-refractivity contribution in [1.82, 2.24) is 10.6 Å². The molecule has 1 aliphatic carbocycles. The van der Waals surface area contributed by atoms with Crippen LogP contribution >= 0.6 is 0 Å². The van der Waals surface area contributed by atoms with Crippen molar-refractivity contribution in [2.45, 2.75) is 57.5 Å². The lowest BCUT2D eigenvalue weighted by atomic mass is 9.86. The minimum absolute atomic E-state index is 0.128. The molecule has 1 saturated carbocycles. The summed E-state index contributed by atoms with van der Waals surface area (Å²) in [7, 11) is 0. The number of carbonyl (C=O) groups excluding carboxylic acids is 2. The molecule has 0 radical (unpaired) electrons. The monoisotopic (exact) mass is 358 g/mol. The molecule has 1 aromatic rings. The molecule has 1 heterocycles. The highest BCUT2D eigenvalue weighted by molar-refractivity contribution is 6.35. The van der Waals surface area contributed by atoms with Crippen molar-refractivity contribution in [2.24, 2.45) is 11.8 Å². The molecule has 1 aromatic carbocycles. The van der Waals surface area contributed by atoms with Crippen LogP contribution in [-0.2, 0) is 14.3 Å². The number of hydrogen-bond donors (Lipinski definition) is 2. The van der Waals surface area contributed by atoms with Gasteiger partial charge in [-0.05, 0) is 55.9 Å². The van der Waals surface area contributed by atoms with Gasteiger partial charge in [0.05, 0.1) is 6.04 Å². The van der Waals surface area contributed by atoms with Crippen LogP contribution in [0, 0.1) is 11.8 Å². The Labute approximate surface area is 155 Å². The van der Waals surface area contributed by atoms with E-state index in [4.69, 9.17) is 4.74 Å². The molecule has 1 atom stereocenters. The minimum atomic E-state index is -0.524. The summed E-state index contributed by atoms with van der Waals surface area (Å²) in [5.74, 6) is -0.0205. The Kier molecular flexibility index (Phi) is 6.67. The summed E-state index contributed by atoms with van der Waals surface area (Å²) in [5.41, 5.74) is 1.05. The molecule has 142 valence electrons. The highest BCUT2D eigenvalue weighted by Crippen LogP contribution is 2.30. The Hall–Kier alpha value is -1.88. The van der Waals surface area contributed by atoms with Gasteiger partial charge in [0.25, 0.3) is 0 Å². The number of rotatable bonds is 4. The van der Waals surface area contributed by atoms with Crippen LogP contribution in [0.2, 0.25) is 0 Å². The fourth-order valence-corrected chi connectivity index (χ4v) is 4.05. The number of nitrogens with one attached hydrogen (secondary N) is 2. The fraction of sp³-hybridized carbons (Fsp3) is 0.619. The van der Waals surface area contributed by atoms with E-state index in [9.17, 15) is 9.59 Å². The zero-order valence-corrected chi connectivity index (χ0v) is 15.6. The number of ether oxygens (including phenoxy) is 1. The van der Waals surface area contributed by atoms with E-state index in [2.05, 4.69) is 17.6 Å². The van der Waals surface area contributed by atoms with E-state index in [0.717, 1.165) is 44.1 Å². The van der Waals surface area contributed by atoms with Crippen LogP contribution < -0.4 is 10.6 Å². The van der Waals surface area contributed by atoms with Crippen molar-refractivity contribution in [2.75, 3.05) is 13.2 Å². The molecular formula is C21H30N2O3. The molecule has 2 aliphatic rings. The first-order chi connectivity index (χ1) is 12.6. The third kappa shape index (κ3) is 5.07. The van der Waals surface area contributed by atoms with Gasteiger partial charge in [0.15, 0.2) is 0 Å². The van der Waals surface area contributed by atoms with Gasteiger partial charge in [0, 0.05) is 19.3 Å². The first-order valence-corrected chi connectivity index (χ1v) is 9.87. The molecule has 1 unspecified atom stereocenters. The van der Waals surface area contributed by atoms with Crippen molar-refractivity contribution < 1.29 is 14.3 Å². The molecule has 1 saturated heterocycles. The maximum Gasteiger partial charge on any atom is 0.309 e. The van der Waals surface area contributed by atoms with E-state index in [-0.39, 0.29) is 12.1 Å². The molecule has 5 nitrogen and oxygen atoms in total. The van der Waals surface area contributed by atoms with Crippen LogP contribution in [0.1, 0.15) is 57.1 Å². The zero-order chi connectivity index (χ0) is 18.4. The maximum absolute atomic E-state index is 12.6. The highest BCUT2D eigenvalue weighted by atomic mass is 16.5. The average Bonchev–Trinajstić information content (AvgIpc) is 2.69. The quantitative estimate of drug-likeness (QED) is 0.813. The van der Waals surface area contributed by atoms with E-state index >= 15 is 0 Å². The van der Waals surface area contributed by atoms with Gasteiger partial charge in [-0.25, -0.2) is 0 Å². The van der Waals surface area contributed by atoms with Gasteiger partial charge in [0.1, 0.15) is 0 Å². The third-order valence-electron chi connectivity index (χ3n) is 5.74. The Morgan fingerprint density at radius 2 is 1.62 bits per heavy atom. The SMILES string of the molecule is CC1CCC(NC(=O)C(=O)NC(c2ccccc2)C2CCOCC2)CC1.